The molecule has 0 saturated heterocycles. The Labute approximate surface area is 179 Å². The van der Waals surface area contributed by atoms with E-state index in [2.05, 4.69) is 15.5 Å². The highest BCUT2D eigenvalue weighted by atomic mass is 16.5. The van der Waals surface area contributed by atoms with E-state index in [0.717, 1.165) is 16.7 Å². The van der Waals surface area contributed by atoms with Gasteiger partial charge >= 0.3 is 0 Å². The van der Waals surface area contributed by atoms with Gasteiger partial charge in [0.05, 0.1) is 19.2 Å². The molecule has 0 aliphatic heterocycles. The highest BCUT2D eigenvalue weighted by Crippen LogP contribution is 2.39. The first-order valence-corrected chi connectivity index (χ1v) is 9.82. The minimum Gasteiger partial charge on any atom is -0.496 e. The fourth-order valence-electron chi connectivity index (χ4n) is 3.41. The summed E-state index contributed by atoms with van der Waals surface area (Å²) in [4.78, 5) is 12.5. The number of hydrogen-bond acceptors (Lipinski definition) is 5. The maximum atomic E-state index is 12.5. The zero-order chi connectivity index (χ0) is 21.6. The number of fused-ring (bicyclic) bond motifs is 1. The molecule has 0 unspecified atom stereocenters. The monoisotopic (exact) mass is 414 g/mol. The lowest BCUT2D eigenvalue weighted by Crippen LogP contribution is -2.18. The lowest BCUT2D eigenvalue weighted by molar-refractivity contribution is -0.116. The molecule has 1 aromatic heterocycles. The molecule has 156 valence electrons. The Morgan fingerprint density at radius 2 is 1.71 bits per heavy atom. The van der Waals surface area contributed by atoms with Crippen molar-refractivity contribution in [3.05, 3.63) is 84.4 Å². The number of para-hydroxylation sites is 3. The minimum absolute atomic E-state index is 0.0523. The number of rotatable bonds is 7. The molecule has 0 aliphatic rings. The number of benzene rings is 3. The van der Waals surface area contributed by atoms with Crippen molar-refractivity contribution < 1.29 is 14.6 Å². The van der Waals surface area contributed by atoms with Crippen LogP contribution in [0.15, 0.2) is 89.1 Å². The van der Waals surface area contributed by atoms with E-state index in [9.17, 15) is 9.90 Å². The first-order chi connectivity index (χ1) is 15.2. The van der Waals surface area contributed by atoms with Gasteiger partial charge in [0.25, 0.3) is 0 Å². The number of methoxy groups -OCH3 is 1. The van der Waals surface area contributed by atoms with Crippen LogP contribution in [0.4, 0.5) is 11.4 Å². The summed E-state index contributed by atoms with van der Waals surface area (Å²) in [6.45, 7) is 0.251. The number of aromatic nitrogens is 1. The second-order valence-electron chi connectivity index (χ2n) is 6.90. The van der Waals surface area contributed by atoms with Crippen LogP contribution in [0.25, 0.3) is 10.9 Å². The molecule has 3 aromatic carbocycles. The van der Waals surface area contributed by atoms with Crippen molar-refractivity contribution in [3.8, 4) is 11.6 Å². The normalized spacial score (nSPS) is 11.1. The SMILES string of the molecule is COc1ccccc1CN=Nc1c(O)n(CC(=O)Nc2ccccc2)c2ccccc12. The van der Waals surface area contributed by atoms with Gasteiger partial charge in [-0.3, -0.25) is 4.79 Å². The molecule has 31 heavy (non-hydrogen) atoms. The Hall–Kier alpha value is -4.13. The molecule has 0 bridgehead atoms. The van der Waals surface area contributed by atoms with Crippen molar-refractivity contribution in [2.45, 2.75) is 13.1 Å². The van der Waals surface area contributed by atoms with Gasteiger partial charge < -0.3 is 19.7 Å². The molecule has 1 amide bonds. The summed E-state index contributed by atoms with van der Waals surface area (Å²) >= 11 is 0. The van der Waals surface area contributed by atoms with E-state index >= 15 is 0 Å². The third-order valence-corrected chi connectivity index (χ3v) is 4.88. The first kappa shape index (κ1) is 20.2. The summed E-state index contributed by atoms with van der Waals surface area (Å²) < 4.78 is 6.87. The van der Waals surface area contributed by atoms with Crippen molar-refractivity contribution in [1.82, 2.24) is 4.57 Å². The van der Waals surface area contributed by atoms with Crippen molar-refractivity contribution in [3.63, 3.8) is 0 Å². The lowest BCUT2D eigenvalue weighted by atomic mass is 10.2. The van der Waals surface area contributed by atoms with Crippen molar-refractivity contribution >= 4 is 28.2 Å². The number of anilines is 1. The van der Waals surface area contributed by atoms with Gasteiger partial charge in [-0.1, -0.05) is 54.6 Å². The molecule has 1 heterocycles. The average molecular weight is 414 g/mol. The third-order valence-electron chi connectivity index (χ3n) is 4.88. The zero-order valence-corrected chi connectivity index (χ0v) is 17.0. The molecule has 0 spiro atoms. The fraction of sp³-hybridized carbons (Fsp3) is 0.125. The van der Waals surface area contributed by atoms with Gasteiger partial charge in [0.15, 0.2) is 5.69 Å². The molecular formula is C24H22N4O3. The maximum Gasteiger partial charge on any atom is 0.244 e. The second-order valence-corrected chi connectivity index (χ2v) is 6.90. The van der Waals surface area contributed by atoms with Gasteiger partial charge in [-0.15, -0.1) is 5.11 Å². The van der Waals surface area contributed by atoms with Crippen molar-refractivity contribution in [2.75, 3.05) is 12.4 Å². The van der Waals surface area contributed by atoms with Crippen LogP contribution in [0.1, 0.15) is 5.56 Å². The molecule has 7 heteroatoms. The number of nitrogens with zero attached hydrogens (tertiary/aromatic N) is 3. The number of azo groups is 1. The van der Waals surface area contributed by atoms with E-state index in [-0.39, 0.29) is 18.3 Å². The summed E-state index contributed by atoms with van der Waals surface area (Å²) in [6, 6.07) is 24.1. The second kappa shape index (κ2) is 9.13. The highest BCUT2D eigenvalue weighted by molar-refractivity contribution is 5.97. The van der Waals surface area contributed by atoms with Crippen LogP contribution in [0.5, 0.6) is 11.6 Å². The quantitative estimate of drug-likeness (QED) is 0.403. The summed E-state index contributed by atoms with van der Waals surface area (Å²) in [5.41, 5.74) is 2.62. The van der Waals surface area contributed by atoms with Crippen LogP contribution < -0.4 is 10.1 Å². The van der Waals surface area contributed by atoms with E-state index in [1.165, 1.54) is 4.57 Å². The van der Waals surface area contributed by atoms with Gasteiger partial charge in [0.1, 0.15) is 12.3 Å². The number of aromatic hydroxyl groups is 1. The predicted octanol–water partition coefficient (Wildman–Crippen LogP) is 5.28. The molecule has 7 nitrogen and oxygen atoms in total. The predicted molar refractivity (Wildman–Crippen MR) is 120 cm³/mol. The smallest absolute Gasteiger partial charge is 0.244 e. The average Bonchev–Trinajstić information content (AvgIpc) is 3.06. The Morgan fingerprint density at radius 3 is 2.52 bits per heavy atom. The molecule has 0 atom stereocenters. The number of hydrogen-bond donors (Lipinski definition) is 2. The molecule has 0 radical (unpaired) electrons. The van der Waals surface area contributed by atoms with Crippen LogP contribution in [0, 0.1) is 0 Å². The van der Waals surface area contributed by atoms with Crippen LogP contribution >= 0.6 is 0 Å². The number of carbonyl (C=O) groups excluding carboxylic acids is 1. The Morgan fingerprint density at radius 1 is 1.00 bits per heavy atom. The number of ether oxygens (including phenoxy) is 1. The van der Waals surface area contributed by atoms with Crippen LogP contribution in [-0.4, -0.2) is 22.7 Å². The van der Waals surface area contributed by atoms with Gasteiger partial charge in [-0.05, 0) is 24.3 Å². The Balaban J connectivity index is 1.60. The molecule has 4 rings (SSSR count). The highest BCUT2D eigenvalue weighted by Gasteiger charge is 2.18. The Bertz CT molecular complexity index is 1230. The molecular weight excluding hydrogens is 392 g/mol. The van der Waals surface area contributed by atoms with E-state index < -0.39 is 0 Å². The maximum absolute atomic E-state index is 12.5. The van der Waals surface area contributed by atoms with E-state index in [1.807, 2.05) is 78.9 Å². The summed E-state index contributed by atoms with van der Waals surface area (Å²) in [5.74, 6) is 0.374. The van der Waals surface area contributed by atoms with E-state index in [0.29, 0.717) is 23.4 Å². The van der Waals surface area contributed by atoms with Crippen molar-refractivity contribution in [2.24, 2.45) is 10.2 Å². The third kappa shape index (κ3) is 4.40. The van der Waals surface area contributed by atoms with Gasteiger partial charge in [-0.2, -0.15) is 5.11 Å². The minimum atomic E-state index is -0.250. The number of carbonyl (C=O) groups is 1. The van der Waals surface area contributed by atoms with Gasteiger partial charge in [-0.25, -0.2) is 0 Å². The van der Waals surface area contributed by atoms with E-state index in [1.54, 1.807) is 7.11 Å². The molecule has 4 aromatic rings. The first-order valence-electron chi connectivity index (χ1n) is 9.82. The van der Waals surface area contributed by atoms with Crippen LogP contribution in [0.3, 0.4) is 0 Å². The molecule has 0 aliphatic carbocycles. The van der Waals surface area contributed by atoms with Crippen molar-refractivity contribution in [1.29, 1.82) is 0 Å². The summed E-state index contributed by atoms with van der Waals surface area (Å²) in [5, 5.41) is 22.9. The fourth-order valence-corrected chi connectivity index (χ4v) is 3.41. The summed E-state index contributed by atoms with van der Waals surface area (Å²) in [7, 11) is 1.61. The topological polar surface area (TPSA) is 88.2 Å². The number of amides is 1. The number of nitrogens with one attached hydrogen (secondary N) is 1. The van der Waals surface area contributed by atoms with Crippen LogP contribution in [0.2, 0.25) is 0 Å². The standard InChI is InChI=1S/C24H22N4O3/c1-31-21-14-8-5-9-17(21)15-25-27-23-19-12-6-7-13-20(19)28(24(23)30)16-22(29)26-18-10-3-2-4-11-18/h2-14,30H,15-16H2,1H3,(H,26,29). The van der Waals surface area contributed by atoms with Gasteiger partial charge in [0.2, 0.25) is 11.8 Å². The largest absolute Gasteiger partial charge is 0.496 e. The molecule has 0 saturated carbocycles. The lowest BCUT2D eigenvalue weighted by Gasteiger charge is -2.08. The zero-order valence-electron chi connectivity index (χ0n) is 17.0. The van der Waals surface area contributed by atoms with E-state index in [4.69, 9.17) is 4.74 Å². The van der Waals surface area contributed by atoms with Gasteiger partial charge in [0, 0.05) is 16.6 Å². The molecule has 0 fully saturated rings. The summed E-state index contributed by atoms with van der Waals surface area (Å²) in [6.07, 6.45) is 0. The molecule has 2 N–H and O–H groups in total. The Kier molecular flexibility index (Phi) is 5.93. The van der Waals surface area contributed by atoms with Crippen LogP contribution in [-0.2, 0) is 17.9 Å².